The van der Waals surface area contributed by atoms with Crippen molar-refractivity contribution in [1.29, 1.82) is 0 Å². The van der Waals surface area contributed by atoms with Crippen LogP contribution in [0.25, 0.3) is 0 Å². The van der Waals surface area contributed by atoms with Gasteiger partial charge >= 0.3 is 11.9 Å². The molecular formula is C7H11BrO4. The van der Waals surface area contributed by atoms with Crippen molar-refractivity contribution in [2.75, 3.05) is 0 Å². The Balaban J connectivity index is 4.11. The van der Waals surface area contributed by atoms with E-state index in [2.05, 4.69) is 20.7 Å². The van der Waals surface area contributed by atoms with Crippen molar-refractivity contribution in [3.8, 4) is 0 Å². The Labute approximate surface area is 79.0 Å². The lowest BCUT2D eigenvalue weighted by Gasteiger charge is -2.16. The molecule has 0 aromatic rings. The second-order valence-corrected chi connectivity index (χ2v) is 4.84. The van der Waals surface area contributed by atoms with Gasteiger partial charge in [0.25, 0.3) is 0 Å². The van der Waals surface area contributed by atoms with E-state index in [1.807, 2.05) is 0 Å². The first-order valence-corrected chi connectivity index (χ1v) is 4.17. The molecule has 70 valence electrons. The molecule has 0 spiro atoms. The van der Waals surface area contributed by atoms with Crippen LogP contribution in [0, 0.1) is 0 Å². The fourth-order valence-electron chi connectivity index (χ4n) is 0.351. The maximum absolute atomic E-state index is 11.0. The van der Waals surface area contributed by atoms with Gasteiger partial charge in [-0.3, -0.25) is 4.79 Å². The number of rotatable bonds is 3. The number of hydrogen-bond acceptors (Lipinski definition) is 3. The van der Waals surface area contributed by atoms with Crippen LogP contribution < -0.4 is 0 Å². The molecular weight excluding hydrogens is 228 g/mol. The summed E-state index contributed by atoms with van der Waals surface area (Å²) >= 11 is 3.05. The van der Waals surface area contributed by atoms with Gasteiger partial charge in [0, 0.05) is 0 Å². The summed E-state index contributed by atoms with van der Waals surface area (Å²) in [5.41, 5.74) is 0. The molecule has 0 aliphatic rings. The number of alkyl halides is 1. The molecule has 0 radical (unpaired) electrons. The van der Waals surface area contributed by atoms with Gasteiger partial charge in [-0.2, -0.15) is 0 Å². The van der Waals surface area contributed by atoms with Crippen molar-refractivity contribution in [1.82, 2.24) is 0 Å². The van der Waals surface area contributed by atoms with Crippen LogP contribution in [0.15, 0.2) is 0 Å². The van der Waals surface area contributed by atoms with E-state index in [0.29, 0.717) is 0 Å². The van der Waals surface area contributed by atoms with Crippen molar-refractivity contribution in [3.05, 3.63) is 0 Å². The minimum Gasteiger partial charge on any atom is -0.479 e. The van der Waals surface area contributed by atoms with Crippen LogP contribution in [0.1, 0.15) is 20.8 Å². The molecule has 1 atom stereocenters. The van der Waals surface area contributed by atoms with Crippen LogP contribution in [0.2, 0.25) is 0 Å². The number of carbonyl (C=O) groups is 2. The fourth-order valence-corrected chi connectivity index (χ4v) is 0.445. The average molecular weight is 239 g/mol. The van der Waals surface area contributed by atoms with E-state index in [4.69, 9.17) is 5.11 Å². The molecule has 0 rings (SSSR count). The Hall–Kier alpha value is -0.580. The van der Waals surface area contributed by atoms with Crippen LogP contribution in [0.5, 0.6) is 0 Å². The number of aliphatic carboxylic acids is 1. The zero-order valence-corrected chi connectivity index (χ0v) is 8.71. The van der Waals surface area contributed by atoms with Gasteiger partial charge in [0.15, 0.2) is 6.10 Å². The highest BCUT2D eigenvalue weighted by Crippen LogP contribution is 2.18. The largest absolute Gasteiger partial charge is 0.479 e. The van der Waals surface area contributed by atoms with E-state index in [1.165, 1.54) is 6.92 Å². The summed E-state index contributed by atoms with van der Waals surface area (Å²) in [5.74, 6) is -1.74. The van der Waals surface area contributed by atoms with E-state index in [-0.39, 0.29) is 0 Å². The second-order valence-electron chi connectivity index (χ2n) is 2.86. The maximum Gasteiger partial charge on any atom is 0.344 e. The summed E-state index contributed by atoms with van der Waals surface area (Å²) in [5, 5.41) is 8.40. The number of carboxylic acid groups (broad SMARTS) is 1. The standard InChI is InChI=1S/C7H11BrO4/c1-4(5(9)10)12-6(11)7(2,3)8/h4H,1-3H3,(H,9,10). The summed E-state index contributed by atoms with van der Waals surface area (Å²) in [6.45, 7) is 4.48. The molecule has 0 saturated heterocycles. The predicted octanol–water partition coefficient (Wildman–Crippen LogP) is 1.18. The Morgan fingerprint density at radius 1 is 1.50 bits per heavy atom. The molecule has 5 heteroatoms. The van der Waals surface area contributed by atoms with Crippen molar-refractivity contribution in [3.63, 3.8) is 0 Å². The second kappa shape index (κ2) is 3.89. The Kier molecular flexibility index (Phi) is 3.70. The first-order valence-electron chi connectivity index (χ1n) is 3.38. The first kappa shape index (κ1) is 11.4. The molecule has 0 heterocycles. The summed E-state index contributed by atoms with van der Waals surface area (Å²) in [6, 6.07) is 0. The number of ether oxygens (including phenoxy) is 1. The summed E-state index contributed by atoms with van der Waals surface area (Å²) in [6.07, 6.45) is -1.10. The first-order chi connectivity index (χ1) is 5.25. The van der Waals surface area contributed by atoms with E-state index in [1.54, 1.807) is 13.8 Å². The van der Waals surface area contributed by atoms with Crippen LogP contribution in [-0.2, 0) is 14.3 Å². The lowest BCUT2D eigenvalue weighted by atomic mass is 10.2. The third-order valence-electron chi connectivity index (χ3n) is 1.12. The molecule has 0 aromatic carbocycles. The summed E-state index contributed by atoms with van der Waals surface area (Å²) in [4.78, 5) is 21.3. The highest BCUT2D eigenvalue weighted by molar-refractivity contribution is 9.10. The van der Waals surface area contributed by atoms with Crippen LogP contribution in [0.3, 0.4) is 0 Å². The third kappa shape index (κ3) is 3.71. The minimum atomic E-state index is -1.15. The number of hydrogen-bond donors (Lipinski definition) is 1. The van der Waals surface area contributed by atoms with Gasteiger partial charge in [0.1, 0.15) is 4.32 Å². The molecule has 0 bridgehead atoms. The number of esters is 1. The zero-order valence-electron chi connectivity index (χ0n) is 7.13. The van der Waals surface area contributed by atoms with E-state index in [0.717, 1.165) is 0 Å². The van der Waals surface area contributed by atoms with Gasteiger partial charge in [0.05, 0.1) is 0 Å². The topological polar surface area (TPSA) is 63.6 Å². The van der Waals surface area contributed by atoms with Crippen LogP contribution in [-0.4, -0.2) is 27.5 Å². The molecule has 12 heavy (non-hydrogen) atoms. The normalized spacial score (nSPS) is 13.7. The van der Waals surface area contributed by atoms with Crippen molar-refractivity contribution in [2.45, 2.75) is 31.2 Å². The van der Waals surface area contributed by atoms with Gasteiger partial charge in [-0.25, -0.2) is 4.79 Å². The third-order valence-corrected chi connectivity index (χ3v) is 1.44. The van der Waals surface area contributed by atoms with Gasteiger partial charge in [-0.15, -0.1) is 0 Å². The Bertz CT molecular complexity index is 194. The molecule has 0 saturated carbocycles. The predicted molar refractivity (Wildman–Crippen MR) is 46.2 cm³/mol. The van der Waals surface area contributed by atoms with Gasteiger partial charge in [0.2, 0.25) is 0 Å². The number of halogens is 1. The van der Waals surface area contributed by atoms with E-state index < -0.39 is 22.4 Å². The van der Waals surface area contributed by atoms with Crippen molar-refractivity contribution < 1.29 is 19.4 Å². The van der Waals surface area contributed by atoms with Gasteiger partial charge < -0.3 is 9.84 Å². The molecule has 0 aromatic heterocycles. The SMILES string of the molecule is CC(OC(=O)C(C)(C)Br)C(=O)O. The Morgan fingerprint density at radius 3 is 2.17 bits per heavy atom. The fraction of sp³-hybridized carbons (Fsp3) is 0.714. The van der Waals surface area contributed by atoms with E-state index in [9.17, 15) is 9.59 Å². The lowest BCUT2D eigenvalue weighted by molar-refractivity contribution is -0.163. The smallest absolute Gasteiger partial charge is 0.344 e. The molecule has 0 amide bonds. The molecule has 1 unspecified atom stereocenters. The Morgan fingerprint density at radius 2 is 1.92 bits per heavy atom. The molecule has 0 fully saturated rings. The molecule has 4 nitrogen and oxygen atoms in total. The monoisotopic (exact) mass is 238 g/mol. The highest BCUT2D eigenvalue weighted by atomic mass is 79.9. The zero-order chi connectivity index (χ0) is 9.94. The quantitative estimate of drug-likeness (QED) is 0.593. The van der Waals surface area contributed by atoms with Crippen molar-refractivity contribution >= 4 is 27.9 Å². The average Bonchev–Trinajstić information content (AvgIpc) is 1.85. The highest BCUT2D eigenvalue weighted by Gasteiger charge is 2.28. The van der Waals surface area contributed by atoms with Crippen LogP contribution in [0.4, 0.5) is 0 Å². The van der Waals surface area contributed by atoms with Crippen LogP contribution >= 0.6 is 15.9 Å². The molecule has 1 N–H and O–H groups in total. The minimum absolute atomic E-state index is 0.586. The number of carbonyl (C=O) groups excluding carboxylic acids is 1. The maximum atomic E-state index is 11.0. The number of carboxylic acids is 1. The molecule has 0 aliphatic carbocycles. The van der Waals surface area contributed by atoms with Gasteiger partial charge in [-0.05, 0) is 20.8 Å². The summed E-state index contributed by atoms with van der Waals surface area (Å²) < 4.78 is 3.75. The lowest BCUT2D eigenvalue weighted by Crippen LogP contribution is -2.33. The molecule has 0 aliphatic heterocycles. The van der Waals surface area contributed by atoms with E-state index >= 15 is 0 Å². The summed E-state index contributed by atoms with van der Waals surface area (Å²) in [7, 11) is 0. The van der Waals surface area contributed by atoms with Crippen molar-refractivity contribution in [2.24, 2.45) is 0 Å². The van der Waals surface area contributed by atoms with Gasteiger partial charge in [-0.1, -0.05) is 15.9 Å².